The summed E-state index contributed by atoms with van der Waals surface area (Å²) in [6.45, 7) is 12.2. The first kappa shape index (κ1) is 35.3. The number of hydrogen-bond donors (Lipinski definition) is 0. The Bertz CT molecular complexity index is 2550. The van der Waals surface area contributed by atoms with E-state index in [0.717, 1.165) is 66.4 Å². The molecule has 0 saturated heterocycles. The van der Waals surface area contributed by atoms with E-state index in [0.29, 0.717) is 28.3 Å². The second-order valence-corrected chi connectivity index (χ2v) is 15.5. The third-order valence-electron chi connectivity index (χ3n) is 11.7. The maximum absolute atomic E-state index is 15.7. The van der Waals surface area contributed by atoms with Crippen LogP contribution in [0.1, 0.15) is 38.9 Å². The molecule has 56 heavy (non-hydrogen) atoms. The van der Waals surface area contributed by atoms with Crippen LogP contribution in [0.25, 0.3) is 0 Å². The third-order valence-corrected chi connectivity index (χ3v) is 11.7. The van der Waals surface area contributed by atoms with E-state index in [1.54, 1.807) is 24.3 Å². The van der Waals surface area contributed by atoms with Gasteiger partial charge in [0, 0.05) is 22.7 Å². The molecule has 0 N–H and O–H groups in total. The zero-order valence-corrected chi connectivity index (χ0v) is 32.4. The minimum absolute atomic E-state index is 0.320. The molecular formula is C49H39B2F2N3. The lowest BCUT2D eigenvalue weighted by Crippen LogP contribution is -2.63. The van der Waals surface area contributed by atoms with Crippen LogP contribution in [-0.4, -0.2) is 13.4 Å². The first-order valence-electron chi connectivity index (χ1n) is 19.1. The number of benzene rings is 7. The fourth-order valence-electron chi connectivity index (χ4n) is 9.82. The molecule has 0 spiro atoms. The van der Waals surface area contributed by atoms with Crippen LogP contribution >= 0.6 is 0 Å². The Hall–Kier alpha value is -6.38. The maximum Gasteiger partial charge on any atom is 0.247 e. The molecule has 0 unspecified atom stereocenters. The van der Waals surface area contributed by atoms with Crippen molar-refractivity contribution in [3.8, 4) is 6.07 Å². The van der Waals surface area contributed by atoms with Gasteiger partial charge in [0.2, 0.25) is 13.4 Å². The molecule has 7 aromatic carbocycles. The number of rotatable bonds is 4. The highest BCUT2D eigenvalue weighted by molar-refractivity contribution is 7.01. The van der Waals surface area contributed by atoms with Gasteiger partial charge in [-0.3, -0.25) is 0 Å². The molecule has 7 aromatic rings. The fourth-order valence-corrected chi connectivity index (χ4v) is 9.82. The Kier molecular flexibility index (Phi) is 8.47. The van der Waals surface area contributed by atoms with Gasteiger partial charge in [0.05, 0.1) is 16.9 Å². The predicted molar refractivity (Wildman–Crippen MR) is 231 cm³/mol. The van der Waals surface area contributed by atoms with Crippen molar-refractivity contribution in [1.29, 1.82) is 5.26 Å². The highest BCUT2D eigenvalue weighted by Crippen LogP contribution is 2.45. The number of fused-ring (bicyclic) bond motifs is 4. The van der Waals surface area contributed by atoms with Crippen LogP contribution < -0.4 is 42.6 Å². The zero-order chi connectivity index (χ0) is 39.0. The van der Waals surface area contributed by atoms with Gasteiger partial charge in [-0.25, -0.2) is 8.78 Å². The Morgan fingerprint density at radius 1 is 0.464 bits per heavy atom. The van der Waals surface area contributed by atoms with Gasteiger partial charge >= 0.3 is 0 Å². The summed E-state index contributed by atoms with van der Waals surface area (Å²) in [4.78, 5) is 4.12. The molecule has 9 rings (SSSR count). The average molecular weight is 729 g/mol. The Balaban J connectivity index is 1.50. The van der Waals surface area contributed by atoms with Crippen molar-refractivity contribution >= 4 is 80.3 Å². The minimum Gasteiger partial charge on any atom is -0.310 e. The molecule has 3 nitrogen and oxygen atoms in total. The maximum atomic E-state index is 15.7. The van der Waals surface area contributed by atoms with E-state index in [1.165, 1.54) is 11.1 Å². The van der Waals surface area contributed by atoms with Crippen LogP contribution in [0.4, 0.5) is 42.9 Å². The SMILES string of the molecule is Cc1cc(C)c(B2c3ccc(F)cc3N(c3ccccc3)c3c2cc2c(c3C#N)N(c3ccccc3)c3cc(F)ccc3B2c2c(C)cc(C)cc2C)c(C)c1. The average Bonchev–Trinajstić information content (AvgIpc) is 3.16. The highest BCUT2D eigenvalue weighted by atomic mass is 19.1. The van der Waals surface area contributed by atoms with Gasteiger partial charge in [0.25, 0.3) is 0 Å². The summed E-state index contributed by atoms with van der Waals surface area (Å²) in [6.07, 6.45) is 0. The normalized spacial score (nSPS) is 12.8. The standard InChI is InChI=1S/C49H39B2F2N3/c1-29-21-31(3)46(32(4)22-29)50-40-19-17-35(52)25-44(40)55(37-13-9-7-10-14-37)48-39(28-54)49-43(27-42(48)50)51(47-33(5)23-30(2)24-34(47)6)41-20-18-36(53)26-45(41)56(49)38-15-11-8-12-16-38/h7-27H,1-6H3. The molecule has 0 radical (unpaired) electrons. The molecule has 0 saturated carbocycles. The first-order valence-corrected chi connectivity index (χ1v) is 19.1. The molecule has 0 atom stereocenters. The van der Waals surface area contributed by atoms with Crippen LogP contribution in [0.5, 0.6) is 0 Å². The molecule has 270 valence electrons. The molecule has 7 heteroatoms. The lowest BCUT2D eigenvalue weighted by Gasteiger charge is -2.43. The molecule has 0 aliphatic carbocycles. The monoisotopic (exact) mass is 729 g/mol. The van der Waals surface area contributed by atoms with E-state index in [2.05, 4.69) is 87.7 Å². The van der Waals surface area contributed by atoms with Crippen molar-refractivity contribution in [3.63, 3.8) is 0 Å². The van der Waals surface area contributed by atoms with Gasteiger partial charge in [-0.1, -0.05) is 123 Å². The molecule has 2 aliphatic rings. The second-order valence-electron chi connectivity index (χ2n) is 15.5. The second kappa shape index (κ2) is 13.4. The number of para-hydroxylation sites is 2. The molecule has 2 heterocycles. The Morgan fingerprint density at radius 2 is 0.839 bits per heavy atom. The van der Waals surface area contributed by atoms with Crippen molar-refractivity contribution in [2.24, 2.45) is 0 Å². The summed E-state index contributed by atoms with van der Waals surface area (Å²) in [6, 6.07) is 43.8. The first-order chi connectivity index (χ1) is 27.0. The van der Waals surface area contributed by atoms with Gasteiger partial charge < -0.3 is 9.80 Å². The molecular weight excluding hydrogens is 690 g/mol. The fraction of sp³-hybridized carbons (Fsp3) is 0.122. The number of anilines is 6. The van der Waals surface area contributed by atoms with Gasteiger partial charge in [-0.15, -0.1) is 0 Å². The number of hydrogen-bond acceptors (Lipinski definition) is 3. The quantitative estimate of drug-likeness (QED) is 0.171. The lowest BCUT2D eigenvalue weighted by molar-refractivity contribution is 0.628. The van der Waals surface area contributed by atoms with Gasteiger partial charge in [0.1, 0.15) is 17.7 Å². The topological polar surface area (TPSA) is 30.3 Å². The van der Waals surface area contributed by atoms with E-state index < -0.39 is 0 Å². The van der Waals surface area contributed by atoms with Crippen molar-refractivity contribution in [3.05, 3.63) is 178 Å². The van der Waals surface area contributed by atoms with Crippen LogP contribution in [-0.2, 0) is 0 Å². The summed E-state index contributed by atoms with van der Waals surface area (Å²) in [5, 5.41) is 11.7. The molecule has 2 aliphatic heterocycles. The van der Waals surface area contributed by atoms with Crippen molar-refractivity contribution in [2.45, 2.75) is 41.5 Å². The summed E-state index contributed by atoms with van der Waals surface area (Å²) in [5.41, 5.74) is 17.8. The van der Waals surface area contributed by atoms with E-state index >= 15 is 8.78 Å². The predicted octanol–water partition coefficient (Wildman–Crippen LogP) is 8.29. The highest BCUT2D eigenvalue weighted by Gasteiger charge is 2.45. The smallest absolute Gasteiger partial charge is 0.247 e. The number of halogens is 2. The molecule has 0 fully saturated rings. The van der Waals surface area contributed by atoms with Gasteiger partial charge in [-0.05, 0) is 112 Å². The Labute approximate surface area is 328 Å². The largest absolute Gasteiger partial charge is 0.310 e. The number of nitriles is 1. The van der Waals surface area contributed by atoms with Crippen LogP contribution in [0, 0.1) is 64.5 Å². The number of aryl methyl sites for hydroxylation is 6. The summed E-state index contributed by atoms with van der Waals surface area (Å²) in [7, 11) is 0. The lowest BCUT2D eigenvalue weighted by atomic mass is 9.30. The van der Waals surface area contributed by atoms with Crippen molar-refractivity contribution in [2.75, 3.05) is 9.80 Å². The van der Waals surface area contributed by atoms with Crippen LogP contribution in [0.2, 0.25) is 0 Å². The zero-order valence-electron chi connectivity index (χ0n) is 32.4. The Morgan fingerprint density at radius 3 is 1.20 bits per heavy atom. The van der Waals surface area contributed by atoms with E-state index in [1.807, 2.05) is 72.8 Å². The van der Waals surface area contributed by atoms with E-state index in [9.17, 15) is 5.26 Å². The van der Waals surface area contributed by atoms with Gasteiger partial charge in [0.15, 0.2) is 0 Å². The molecule has 0 aromatic heterocycles. The summed E-state index contributed by atoms with van der Waals surface area (Å²) in [5.74, 6) is -0.720. The molecule has 0 amide bonds. The van der Waals surface area contributed by atoms with Crippen LogP contribution in [0.15, 0.2) is 127 Å². The summed E-state index contributed by atoms with van der Waals surface area (Å²) < 4.78 is 31.3. The minimum atomic E-state index is -0.360. The van der Waals surface area contributed by atoms with Gasteiger partial charge in [-0.2, -0.15) is 5.26 Å². The summed E-state index contributed by atoms with van der Waals surface area (Å²) >= 11 is 0. The van der Waals surface area contributed by atoms with Crippen molar-refractivity contribution in [1.82, 2.24) is 0 Å². The number of nitrogens with zero attached hydrogens (tertiary/aromatic N) is 3. The van der Waals surface area contributed by atoms with Crippen LogP contribution in [0.3, 0.4) is 0 Å². The van der Waals surface area contributed by atoms with E-state index in [-0.39, 0.29) is 25.1 Å². The molecule has 0 bridgehead atoms. The van der Waals surface area contributed by atoms with Crippen molar-refractivity contribution < 1.29 is 8.78 Å². The van der Waals surface area contributed by atoms with E-state index in [4.69, 9.17) is 0 Å². The third kappa shape index (κ3) is 5.46.